The third-order valence-corrected chi connectivity index (χ3v) is 12.4. The summed E-state index contributed by atoms with van der Waals surface area (Å²) in [6.07, 6.45) is 4.88. The lowest BCUT2D eigenvalue weighted by atomic mass is 10.0. The fourth-order valence-electron chi connectivity index (χ4n) is 6.38. The number of aliphatic hydroxyl groups is 2. The molecule has 5 N–H and O–H groups in total. The number of aryl methyl sites for hydroxylation is 4. The molecule has 14 nitrogen and oxygen atoms in total. The molecular formula is C42H45Cl3N10O4S2. The number of thiazole rings is 2. The van der Waals surface area contributed by atoms with Crippen LogP contribution in [0.4, 0.5) is 27.7 Å². The summed E-state index contributed by atoms with van der Waals surface area (Å²) >= 11 is 20.9. The van der Waals surface area contributed by atoms with Crippen molar-refractivity contribution in [3.05, 3.63) is 120 Å². The fourth-order valence-corrected chi connectivity index (χ4v) is 8.70. The van der Waals surface area contributed by atoms with Crippen LogP contribution in [-0.4, -0.2) is 90.1 Å². The predicted octanol–water partition coefficient (Wildman–Crippen LogP) is 8.31. The number of nitrogens with zero attached hydrogens (tertiary/aromatic N) is 7. The lowest BCUT2D eigenvalue weighted by Gasteiger charge is -2.17. The van der Waals surface area contributed by atoms with Gasteiger partial charge < -0.3 is 31.1 Å². The number of benzene rings is 2. The number of hydrogen-bond acceptors (Lipinski definition) is 16. The van der Waals surface area contributed by atoms with Crippen molar-refractivity contribution in [2.45, 2.75) is 65.6 Å². The molecule has 8 rings (SSSR count). The van der Waals surface area contributed by atoms with E-state index in [0.29, 0.717) is 65.0 Å². The highest BCUT2D eigenvalue weighted by molar-refractivity contribution is 7.17. The Morgan fingerprint density at radius 3 is 1.74 bits per heavy atom. The van der Waals surface area contributed by atoms with Gasteiger partial charge in [0.15, 0.2) is 21.8 Å². The highest BCUT2D eigenvalue weighted by Crippen LogP contribution is 2.29. The summed E-state index contributed by atoms with van der Waals surface area (Å²) < 4.78 is 0. The summed E-state index contributed by atoms with van der Waals surface area (Å²) in [5.41, 5.74) is 3.68. The van der Waals surface area contributed by atoms with Crippen LogP contribution in [0.3, 0.4) is 0 Å². The first-order chi connectivity index (χ1) is 29.2. The molecule has 2 aliphatic heterocycles. The summed E-state index contributed by atoms with van der Waals surface area (Å²) in [6, 6.07) is 14.7. The molecule has 0 aliphatic carbocycles. The van der Waals surface area contributed by atoms with E-state index in [1.54, 1.807) is 37.5 Å². The number of β-amino-alcohol motifs (C(OH)–C–C–N with tert-alkyl or cyclic N) is 2. The molecular weight excluding hydrogens is 879 g/mol. The Morgan fingerprint density at radius 1 is 0.754 bits per heavy atom. The van der Waals surface area contributed by atoms with E-state index in [1.165, 1.54) is 22.7 Å². The topological polar surface area (TPSA) is 191 Å². The van der Waals surface area contributed by atoms with Crippen LogP contribution < -0.4 is 20.9 Å². The van der Waals surface area contributed by atoms with E-state index < -0.39 is 0 Å². The van der Waals surface area contributed by atoms with Gasteiger partial charge in [-0.25, -0.2) is 29.9 Å². The fraction of sp³-hybridized carbons (Fsp3) is 0.333. The monoisotopic (exact) mass is 922 g/mol. The number of carbonyl (C=O) groups is 2. The Hall–Kier alpha value is -4.65. The summed E-state index contributed by atoms with van der Waals surface area (Å²) in [4.78, 5) is 54.1. The molecule has 19 heteroatoms. The first-order valence-corrected chi connectivity index (χ1v) is 22.2. The van der Waals surface area contributed by atoms with Crippen LogP contribution in [0.25, 0.3) is 0 Å². The minimum Gasteiger partial charge on any atom is -0.392 e. The highest BCUT2D eigenvalue weighted by atomic mass is 35.5. The maximum absolute atomic E-state index is 12.7. The minimum atomic E-state index is -0.328. The zero-order valence-electron chi connectivity index (χ0n) is 33.9. The molecule has 2 aromatic carbocycles. The minimum absolute atomic E-state index is 0.0256. The SMILES string of the molecule is Cc1nc(Cl)cc(Nc2ncc(C(=O)Cc3c(C)cccc3Cl)s2)n1.Cc1nc(Nc2ncc(C(=O)Cc3c(C)cccc3Cl)s2)cc(N2CC[C@@H](O)C2)n1.O[C@@H]1CCNC1. The van der Waals surface area contributed by atoms with E-state index in [0.717, 1.165) is 60.5 Å². The number of nitrogens with one attached hydrogen (secondary N) is 3. The predicted molar refractivity (Wildman–Crippen MR) is 244 cm³/mol. The zero-order chi connectivity index (χ0) is 43.6. The summed E-state index contributed by atoms with van der Waals surface area (Å²) in [6.45, 7) is 10.6. The van der Waals surface area contributed by atoms with Crippen molar-refractivity contribution < 1.29 is 19.8 Å². The van der Waals surface area contributed by atoms with Crippen LogP contribution in [0.2, 0.25) is 15.2 Å². The van der Waals surface area contributed by atoms with Gasteiger partial charge in [-0.2, -0.15) is 0 Å². The van der Waals surface area contributed by atoms with Gasteiger partial charge in [0.2, 0.25) is 0 Å². The molecule has 6 aromatic rings. The number of Topliss-reactive ketones (excluding diaryl/α,β-unsaturated/α-hetero) is 2. The van der Waals surface area contributed by atoms with Gasteiger partial charge in [0.1, 0.15) is 34.3 Å². The van der Waals surface area contributed by atoms with Crippen LogP contribution in [0.1, 0.15) is 66.1 Å². The van der Waals surface area contributed by atoms with Crippen LogP contribution in [0, 0.1) is 27.7 Å². The molecule has 0 saturated carbocycles. The molecule has 0 radical (unpaired) electrons. The van der Waals surface area contributed by atoms with Gasteiger partial charge in [-0.15, -0.1) is 0 Å². The largest absolute Gasteiger partial charge is 0.392 e. The normalized spacial score (nSPS) is 15.7. The van der Waals surface area contributed by atoms with Crippen molar-refractivity contribution in [2.75, 3.05) is 41.7 Å². The summed E-state index contributed by atoms with van der Waals surface area (Å²) in [5, 5.41) is 30.4. The zero-order valence-corrected chi connectivity index (χ0v) is 37.8. The number of halogens is 3. The van der Waals surface area contributed by atoms with Crippen LogP contribution in [0.5, 0.6) is 0 Å². The van der Waals surface area contributed by atoms with Crippen molar-refractivity contribution in [3.8, 4) is 0 Å². The lowest BCUT2D eigenvalue weighted by Crippen LogP contribution is -2.22. The van der Waals surface area contributed by atoms with Crippen LogP contribution in [-0.2, 0) is 12.8 Å². The number of aromatic nitrogens is 6. The smallest absolute Gasteiger partial charge is 0.188 e. The maximum Gasteiger partial charge on any atom is 0.188 e. The van der Waals surface area contributed by atoms with Crippen molar-refractivity contribution in [2.24, 2.45) is 0 Å². The molecule has 61 heavy (non-hydrogen) atoms. The molecule has 0 spiro atoms. The molecule has 2 aliphatic rings. The second-order valence-corrected chi connectivity index (χ2v) is 17.7. The van der Waals surface area contributed by atoms with E-state index in [2.05, 4.69) is 45.9 Å². The van der Waals surface area contributed by atoms with Crippen LogP contribution in [0.15, 0.2) is 60.9 Å². The molecule has 0 bridgehead atoms. The third-order valence-electron chi connectivity index (χ3n) is 9.56. The Bertz CT molecular complexity index is 2420. The number of hydrogen-bond donors (Lipinski definition) is 5. The first-order valence-electron chi connectivity index (χ1n) is 19.4. The van der Waals surface area contributed by atoms with Gasteiger partial charge in [-0.05, 0) is 81.5 Å². The summed E-state index contributed by atoms with van der Waals surface area (Å²) in [5.74, 6) is 3.03. The van der Waals surface area contributed by atoms with Gasteiger partial charge in [0.25, 0.3) is 0 Å². The van der Waals surface area contributed by atoms with E-state index in [1.807, 2.05) is 56.0 Å². The Kier molecular flexibility index (Phi) is 16.1. The van der Waals surface area contributed by atoms with Gasteiger partial charge in [-0.3, -0.25) is 9.59 Å². The maximum atomic E-state index is 12.7. The molecule has 320 valence electrons. The Morgan fingerprint density at radius 2 is 1.30 bits per heavy atom. The van der Waals surface area contributed by atoms with Crippen LogP contribution >= 0.6 is 57.5 Å². The van der Waals surface area contributed by atoms with Crippen molar-refractivity contribution in [1.29, 1.82) is 0 Å². The van der Waals surface area contributed by atoms with Gasteiger partial charge >= 0.3 is 0 Å². The molecule has 2 atom stereocenters. The highest BCUT2D eigenvalue weighted by Gasteiger charge is 2.23. The standard InChI is InChI=1S/C21H22ClN5O2S.C17H14Cl2N4OS.C4H9NO/c1-12-4-3-5-16(22)15(12)8-17(29)18-10-23-21(30-18)26-19-9-20(25-13(2)24-19)27-7-6-14(28)11-27;1-9-4-3-5-12(18)11(9)6-13(24)14-8-20-17(25-14)23-16-7-15(19)21-10(2)22-16;6-4-1-2-5-3-4/h3-5,9-10,14,28H,6-8,11H2,1-2H3,(H,23,24,25,26);3-5,7-8H,6H2,1-2H3,(H,20,21,22,23);4-6H,1-3H2/t14-;;4-/m1.1/s1. The number of rotatable bonds is 11. The number of ketones is 2. The molecule has 0 unspecified atom stereocenters. The molecule has 2 fully saturated rings. The Labute approximate surface area is 376 Å². The summed E-state index contributed by atoms with van der Waals surface area (Å²) in [7, 11) is 0. The lowest BCUT2D eigenvalue weighted by molar-refractivity contribution is 0.0988. The Balaban J connectivity index is 0.000000181. The van der Waals surface area contributed by atoms with Crippen molar-refractivity contribution in [3.63, 3.8) is 0 Å². The second-order valence-electron chi connectivity index (χ2n) is 14.4. The number of aliphatic hydroxyl groups excluding tert-OH is 2. The second kappa shape index (κ2) is 21.4. The van der Waals surface area contributed by atoms with Gasteiger partial charge in [-0.1, -0.05) is 81.7 Å². The molecule has 2 saturated heterocycles. The average molecular weight is 924 g/mol. The number of carbonyl (C=O) groups excluding carboxylic acids is 2. The van der Waals surface area contributed by atoms with E-state index in [9.17, 15) is 14.7 Å². The first kappa shape index (κ1) is 45.9. The molecule has 6 heterocycles. The van der Waals surface area contributed by atoms with E-state index in [4.69, 9.17) is 39.9 Å². The number of anilines is 5. The van der Waals surface area contributed by atoms with Gasteiger partial charge in [0, 0.05) is 54.7 Å². The molecule has 4 aromatic heterocycles. The van der Waals surface area contributed by atoms with E-state index in [-0.39, 0.29) is 36.6 Å². The van der Waals surface area contributed by atoms with E-state index >= 15 is 0 Å². The molecule has 0 amide bonds. The van der Waals surface area contributed by atoms with Gasteiger partial charge in [0.05, 0.1) is 34.4 Å². The van der Waals surface area contributed by atoms with Crippen molar-refractivity contribution >= 4 is 96.8 Å². The average Bonchev–Trinajstić information content (AvgIpc) is 4.05. The van der Waals surface area contributed by atoms with Crippen molar-refractivity contribution in [1.82, 2.24) is 35.2 Å². The quantitative estimate of drug-likeness (QED) is 0.0616. The third kappa shape index (κ3) is 13.2.